The van der Waals surface area contributed by atoms with E-state index in [-0.39, 0.29) is 11.9 Å². The molecule has 1 atom stereocenters. The molecule has 0 fully saturated rings. The lowest BCUT2D eigenvalue weighted by molar-refractivity contribution is 0.472. The van der Waals surface area contributed by atoms with Crippen molar-refractivity contribution in [1.82, 2.24) is 10.3 Å². The van der Waals surface area contributed by atoms with Crippen molar-refractivity contribution in [2.75, 3.05) is 6.54 Å². The maximum Gasteiger partial charge on any atom is 0.129 e. The van der Waals surface area contributed by atoms with E-state index in [0.29, 0.717) is 10.6 Å². The molecule has 0 amide bonds. The minimum absolute atomic E-state index is 0.0239. The number of aryl methyl sites for hydroxylation is 1. The van der Waals surface area contributed by atoms with Crippen LogP contribution in [0.25, 0.3) is 0 Å². The maximum absolute atomic E-state index is 14.1. The standard InChI is InChI=1S/C17H20ClFN2/c1-2-10-21-17(9-7-14-5-3-4-11-20-14)15-8-6-13(18)12-16(15)19/h3-6,8,11-12,17,21H,2,7,9-10H2,1H3. The van der Waals surface area contributed by atoms with Crippen molar-refractivity contribution < 1.29 is 4.39 Å². The molecule has 0 bridgehead atoms. The monoisotopic (exact) mass is 306 g/mol. The van der Waals surface area contributed by atoms with E-state index in [4.69, 9.17) is 11.6 Å². The zero-order chi connectivity index (χ0) is 15.1. The molecule has 1 heterocycles. The van der Waals surface area contributed by atoms with Gasteiger partial charge in [0.1, 0.15) is 5.82 Å². The zero-order valence-corrected chi connectivity index (χ0v) is 12.9. The van der Waals surface area contributed by atoms with Crippen LogP contribution in [0.2, 0.25) is 5.02 Å². The molecule has 1 unspecified atom stereocenters. The van der Waals surface area contributed by atoms with Crippen molar-refractivity contribution in [2.24, 2.45) is 0 Å². The van der Waals surface area contributed by atoms with Crippen LogP contribution in [0.5, 0.6) is 0 Å². The van der Waals surface area contributed by atoms with E-state index in [1.54, 1.807) is 18.3 Å². The van der Waals surface area contributed by atoms with Crippen LogP contribution in [0.15, 0.2) is 42.6 Å². The number of pyridine rings is 1. The lowest BCUT2D eigenvalue weighted by atomic mass is 10.00. The summed E-state index contributed by atoms with van der Waals surface area (Å²) < 4.78 is 14.1. The lowest BCUT2D eigenvalue weighted by Crippen LogP contribution is -2.23. The average molecular weight is 307 g/mol. The molecule has 21 heavy (non-hydrogen) atoms. The Kier molecular flexibility index (Phi) is 6.15. The molecular weight excluding hydrogens is 287 g/mol. The van der Waals surface area contributed by atoms with Gasteiger partial charge in [0.15, 0.2) is 0 Å². The van der Waals surface area contributed by atoms with Crippen LogP contribution < -0.4 is 5.32 Å². The van der Waals surface area contributed by atoms with Gasteiger partial charge in [0.05, 0.1) is 0 Å². The first-order valence-corrected chi connectivity index (χ1v) is 7.66. The highest BCUT2D eigenvalue weighted by molar-refractivity contribution is 6.30. The Balaban J connectivity index is 2.10. The molecule has 1 aromatic carbocycles. The van der Waals surface area contributed by atoms with Crippen LogP contribution in [-0.4, -0.2) is 11.5 Å². The van der Waals surface area contributed by atoms with Crippen LogP contribution in [0.4, 0.5) is 4.39 Å². The Hall–Kier alpha value is -1.45. The van der Waals surface area contributed by atoms with E-state index in [1.807, 2.05) is 18.2 Å². The van der Waals surface area contributed by atoms with Crippen LogP contribution in [-0.2, 0) is 6.42 Å². The molecule has 0 saturated carbocycles. The van der Waals surface area contributed by atoms with Crippen LogP contribution >= 0.6 is 11.6 Å². The van der Waals surface area contributed by atoms with Crippen molar-refractivity contribution in [3.05, 3.63) is 64.7 Å². The van der Waals surface area contributed by atoms with Gasteiger partial charge in [-0.2, -0.15) is 0 Å². The van der Waals surface area contributed by atoms with E-state index >= 15 is 0 Å². The Bertz CT molecular complexity index is 560. The minimum atomic E-state index is -0.253. The molecule has 0 radical (unpaired) electrons. The minimum Gasteiger partial charge on any atom is -0.310 e. The third-order valence-electron chi connectivity index (χ3n) is 3.39. The lowest BCUT2D eigenvalue weighted by Gasteiger charge is -2.19. The highest BCUT2D eigenvalue weighted by Gasteiger charge is 2.15. The Morgan fingerprint density at radius 3 is 2.81 bits per heavy atom. The predicted molar refractivity (Wildman–Crippen MR) is 85.0 cm³/mol. The van der Waals surface area contributed by atoms with Crippen molar-refractivity contribution in [3.63, 3.8) is 0 Å². The van der Waals surface area contributed by atoms with Gasteiger partial charge in [-0.1, -0.05) is 30.7 Å². The Morgan fingerprint density at radius 2 is 2.14 bits per heavy atom. The fourth-order valence-corrected chi connectivity index (χ4v) is 2.47. The highest BCUT2D eigenvalue weighted by atomic mass is 35.5. The summed E-state index contributed by atoms with van der Waals surface area (Å²) in [7, 11) is 0. The third-order valence-corrected chi connectivity index (χ3v) is 3.63. The van der Waals surface area contributed by atoms with Crippen molar-refractivity contribution in [2.45, 2.75) is 32.2 Å². The molecule has 0 aliphatic heterocycles. The number of hydrogen-bond donors (Lipinski definition) is 1. The fraction of sp³-hybridized carbons (Fsp3) is 0.353. The van der Waals surface area contributed by atoms with E-state index in [1.165, 1.54) is 6.07 Å². The smallest absolute Gasteiger partial charge is 0.129 e. The first kappa shape index (κ1) is 15.9. The second-order valence-electron chi connectivity index (χ2n) is 5.03. The predicted octanol–water partition coefficient (Wildman–Crippen LogP) is 4.55. The average Bonchev–Trinajstić information content (AvgIpc) is 2.49. The normalized spacial score (nSPS) is 12.3. The van der Waals surface area contributed by atoms with E-state index in [0.717, 1.165) is 31.5 Å². The molecule has 2 aromatic rings. The number of benzene rings is 1. The molecule has 0 aliphatic carbocycles. The number of hydrogen-bond acceptors (Lipinski definition) is 2. The summed E-state index contributed by atoms with van der Waals surface area (Å²) in [5, 5.41) is 3.83. The second kappa shape index (κ2) is 8.11. The van der Waals surface area contributed by atoms with Crippen LogP contribution in [0.1, 0.15) is 37.1 Å². The molecule has 2 rings (SSSR count). The zero-order valence-electron chi connectivity index (χ0n) is 12.2. The Morgan fingerprint density at radius 1 is 1.29 bits per heavy atom. The van der Waals surface area contributed by atoms with E-state index in [2.05, 4.69) is 17.2 Å². The number of rotatable bonds is 7. The SMILES string of the molecule is CCCNC(CCc1ccccn1)c1ccc(Cl)cc1F. The molecule has 112 valence electrons. The van der Waals surface area contributed by atoms with Gasteiger partial charge in [-0.25, -0.2) is 4.39 Å². The summed E-state index contributed by atoms with van der Waals surface area (Å²) in [6.45, 7) is 2.95. The van der Waals surface area contributed by atoms with Crippen LogP contribution in [0, 0.1) is 5.82 Å². The molecule has 0 spiro atoms. The molecule has 0 saturated heterocycles. The van der Waals surface area contributed by atoms with Crippen molar-refractivity contribution in [1.29, 1.82) is 0 Å². The summed E-state index contributed by atoms with van der Waals surface area (Å²) in [5.41, 5.74) is 1.69. The molecular formula is C17H20ClFN2. The highest BCUT2D eigenvalue weighted by Crippen LogP contribution is 2.24. The maximum atomic E-state index is 14.1. The third kappa shape index (κ3) is 4.80. The topological polar surface area (TPSA) is 24.9 Å². The number of halogens is 2. The van der Waals surface area contributed by atoms with Gasteiger partial charge in [-0.05, 0) is 50.1 Å². The van der Waals surface area contributed by atoms with Gasteiger partial charge < -0.3 is 5.32 Å². The summed E-state index contributed by atoms with van der Waals surface area (Å²) in [6.07, 6.45) is 4.40. The molecule has 2 nitrogen and oxygen atoms in total. The first-order valence-electron chi connectivity index (χ1n) is 7.29. The van der Waals surface area contributed by atoms with Crippen LogP contribution in [0.3, 0.4) is 0 Å². The Labute approximate surface area is 130 Å². The molecule has 0 aliphatic rings. The van der Waals surface area contributed by atoms with Gasteiger partial charge in [0.2, 0.25) is 0 Å². The first-order chi connectivity index (χ1) is 10.2. The van der Waals surface area contributed by atoms with Gasteiger partial charge >= 0.3 is 0 Å². The second-order valence-corrected chi connectivity index (χ2v) is 5.47. The fourth-order valence-electron chi connectivity index (χ4n) is 2.31. The molecule has 4 heteroatoms. The largest absolute Gasteiger partial charge is 0.310 e. The summed E-state index contributed by atoms with van der Waals surface area (Å²) in [5.74, 6) is -0.253. The van der Waals surface area contributed by atoms with Gasteiger partial charge in [0.25, 0.3) is 0 Å². The number of nitrogens with one attached hydrogen (secondary N) is 1. The summed E-state index contributed by atoms with van der Waals surface area (Å²) in [6, 6.07) is 10.7. The summed E-state index contributed by atoms with van der Waals surface area (Å²) >= 11 is 5.83. The van der Waals surface area contributed by atoms with Crippen molar-refractivity contribution >= 4 is 11.6 Å². The van der Waals surface area contributed by atoms with Gasteiger partial charge in [-0.3, -0.25) is 4.98 Å². The molecule has 1 N–H and O–H groups in total. The quantitative estimate of drug-likeness (QED) is 0.812. The summed E-state index contributed by atoms with van der Waals surface area (Å²) in [4.78, 5) is 4.32. The van der Waals surface area contributed by atoms with Crippen molar-refractivity contribution in [3.8, 4) is 0 Å². The van der Waals surface area contributed by atoms with E-state index in [9.17, 15) is 4.39 Å². The number of nitrogens with zero attached hydrogens (tertiary/aromatic N) is 1. The van der Waals surface area contributed by atoms with Gasteiger partial charge in [0, 0.05) is 28.5 Å². The van der Waals surface area contributed by atoms with Gasteiger partial charge in [-0.15, -0.1) is 0 Å². The van der Waals surface area contributed by atoms with E-state index < -0.39 is 0 Å². The molecule has 1 aromatic heterocycles. The number of aromatic nitrogens is 1.